The molecule has 1 aliphatic rings. The number of benzene rings is 2. The number of aliphatic carboxylic acids is 1. The highest BCUT2D eigenvalue weighted by Crippen LogP contribution is 2.35. The molecule has 2 atom stereocenters. The molecule has 1 aromatic heterocycles. The highest BCUT2D eigenvalue weighted by atomic mass is 16.5. The van der Waals surface area contributed by atoms with Crippen LogP contribution in [0.25, 0.3) is 22.1 Å². The average Bonchev–Trinajstić information content (AvgIpc) is 3.10. The van der Waals surface area contributed by atoms with Crippen molar-refractivity contribution in [2.24, 2.45) is 5.92 Å². The van der Waals surface area contributed by atoms with Gasteiger partial charge < -0.3 is 33.8 Å². The van der Waals surface area contributed by atoms with Crippen molar-refractivity contribution < 1.29 is 33.3 Å². The van der Waals surface area contributed by atoms with Gasteiger partial charge in [-0.1, -0.05) is 26.3 Å². The molecule has 4 rings (SSSR count). The van der Waals surface area contributed by atoms with Gasteiger partial charge in [0.1, 0.15) is 17.1 Å². The van der Waals surface area contributed by atoms with Crippen LogP contribution in [0.1, 0.15) is 32.4 Å². The summed E-state index contributed by atoms with van der Waals surface area (Å²) in [4.78, 5) is 36.9. The second-order valence-corrected chi connectivity index (χ2v) is 8.77. The van der Waals surface area contributed by atoms with Crippen LogP contribution in [-0.2, 0) is 9.59 Å². The first-order chi connectivity index (χ1) is 17.3. The lowest BCUT2D eigenvalue weighted by atomic mass is 9.99. The third kappa shape index (κ3) is 5.30. The molecule has 9 heteroatoms. The monoisotopic (exact) mass is 494 g/mol. The molecule has 1 N–H and O–H groups in total. The van der Waals surface area contributed by atoms with Crippen molar-refractivity contribution in [1.82, 2.24) is 5.32 Å². The zero-order chi connectivity index (χ0) is 25.8. The Labute approximate surface area is 208 Å². The third-order valence-corrected chi connectivity index (χ3v) is 6.23. The van der Waals surface area contributed by atoms with Crippen LogP contribution in [0.5, 0.6) is 17.2 Å². The van der Waals surface area contributed by atoms with Crippen molar-refractivity contribution in [2.45, 2.75) is 39.7 Å². The molecular formula is C27H28NO8-. The van der Waals surface area contributed by atoms with Gasteiger partial charge in [0.15, 0.2) is 18.1 Å². The van der Waals surface area contributed by atoms with Gasteiger partial charge in [-0.2, -0.15) is 0 Å². The van der Waals surface area contributed by atoms with E-state index in [-0.39, 0.29) is 11.3 Å². The number of hydrogen-bond acceptors (Lipinski definition) is 8. The number of hydrogen-bond donors (Lipinski definition) is 1. The topological polar surface area (TPSA) is 127 Å². The van der Waals surface area contributed by atoms with E-state index in [1.807, 2.05) is 6.92 Å². The van der Waals surface area contributed by atoms with Crippen LogP contribution >= 0.6 is 0 Å². The zero-order valence-electron chi connectivity index (χ0n) is 20.4. The Bertz CT molecular complexity index is 1350. The predicted molar refractivity (Wildman–Crippen MR) is 130 cm³/mol. The Morgan fingerprint density at radius 1 is 1.11 bits per heavy atom. The number of rotatable bonds is 8. The molecule has 3 aromatic rings. The van der Waals surface area contributed by atoms with E-state index in [1.54, 1.807) is 44.2 Å². The van der Waals surface area contributed by atoms with Crippen molar-refractivity contribution >= 4 is 22.8 Å². The van der Waals surface area contributed by atoms with E-state index in [0.29, 0.717) is 64.7 Å². The van der Waals surface area contributed by atoms with Crippen LogP contribution in [0.4, 0.5) is 0 Å². The van der Waals surface area contributed by atoms with E-state index in [2.05, 4.69) is 5.32 Å². The molecule has 190 valence electrons. The highest BCUT2D eigenvalue weighted by molar-refractivity contribution is 5.85. The number of carbonyl (C=O) groups is 2. The third-order valence-electron chi connectivity index (χ3n) is 6.23. The Morgan fingerprint density at radius 2 is 1.86 bits per heavy atom. The van der Waals surface area contributed by atoms with Gasteiger partial charge in [-0.15, -0.1) is 0 Å². The lowest BCUT2D eigenvalue weighted by molar-refractivity contribution is -0.309. The summed E-state index contributed by atoms with van der Waals surface area (Å²) in [5.74, 6) is -0.277. The van der Waals surface area contributed by atoms with Gasteiger partial charge in [-0.3, -0.25) is 9.59 Å². The predicted octanol–water partition coefficient (Wildman–Crippen LogP) is 2.59. The van der Waals surface area contributed by atoms with Gasteiger partial charge in [0, 0.05) is 12.5 Å². The maximum atomic E-state index is 13.3. The molecule has 0 saturated carbocycles. The minimum Gasteiger partial charge on any atom is -0.548 e. The van der Waals surface area contributed by atoms with Crippen molar-refractivity contribution in [3.05, 3.63) is 52.4 Å². The van der Waals surface area contributed by atoms with Crippen LogP contribution in [-0.4, -0.2) is 37.7 Å². The molecule has 1 aliphatic heterocycles. The van der Waals surface area contributed by atoms with Crippen molar-refractivity contribution in [3.8, 4) is 28.4 Å². The summed E-state index contributed by atoms with van der Waals surface area (Å²) in [5.41, 5.74) is 1.18. The lowest BCUT2D eigenvalue weighted by Gasteiger charge is -2.25. The molecule has 9 nitrogen and oxygen atoms in total. The second kappa shape index (κ2) is 10.7. The minimum absolute atomic E-state index is 0.210. The fourth-order valence-corrected chi connectivity index (χ4v) is 4.06. The lowest BCUT2D eigenvalue weighted by Crippen LogP contribution is -2.52. The van der Waals surface area contributed by atoms with E-state index >= 15 is 0 Å². The normalized spacial score (nSPS) is 14.5. The minimum atomic E-state index is -1.34. The molecular weight excluding hydrogens is 466 g/mol. The molecule has 0 unspecified atom stereocenters. The van der Waals surface area contributed by atoms with Crippen LogP contribution in [0.3, 0.4) is 0 Å². The second-order valence-electron chi connectivity index (χ2n) is 8.77. The van der Waals surface area contributed by atoms with Gasteiger partial charge >= 0.3 is 0 Å². The standard InChI is InChI=1S/C27H29NO8/c1-4-15(2)25(27(31)32)28-23(29)14-35-18-7-8-19-21(13-18)36-16(3)24(26(19)30)17-6-9-20-22(12-17)34-11-5-10-33-20/h6-9,12-13,15,25H,4-5,10-11,14H2,1-3H3,(H,28,29)(H,31,32)/p-1/t15-,25+/m0/s1. The van der Waals surface area contributed by atoms with E-state index in [4.69, 9.17) is 18.6 Å². The summed E-state index contributed by atoms with van der Waals surface area (Å²) in [7, 11) is 0. The first kappa shape index (κ1) is 25.1. The number of nitrogens with one attached hydrogen (secondary N) is 1. The SMILES string of the molecule is CC[C@H](C)[C@@H](NC(=O)COc1ccc2c(=O)c(-c3ccc4c(c3)OCCCO4)c(C)oc2c1)C(=O)[O-]. The molecule has 2 aromatic carbocycles. The molecule has 0 fully saturated rings. The maximum Gasteiger partial charge on any atom is 0.258 e. The number of ether oxygens (including phenoxy) is 3. The van der Waals surface area contributed by atoms with E-state index < -0.39 is 24.5 Å². The van der Waals surface area contributed by atoms with Crippen molar-refractivity contribution in [1.29, 1.82) is 0 Å². The van der Waals surface area contributed by atoms with Crippen LogP contribution < -0.4 is 30.1 Å². The molecule has 0 radical (unpaired) electrons. The van der Waals surface area contributed by atoms with Crippen molar-refractivity contribution in [3.63, 3.8) is 0 Å². The summed E-state index contributed by atoms with van der Waals surface area (Å²) in [6.07, 6.45) is 1.35. The summed E-state index contributed by atoms with van der Waals surface area (Å²) in [5, 5.41) is 14.1. The summed E-state index contributed by atoms with van der Waals surface area (Å²) in [6, 6.07) is 8.92. The maximum absolute atomic E-state index is 13.3. The van der Waals surface area contributed by atoms with E-state index in [0.717, 1.165) is 6.42 Å². The van der Waals surface area contributed by atoms with E-state index in [1.165, 1.54) is 6.07 Å². The van der Waals surface area contributed by atoms with E-state index in [9.17, 15) is 19.5 Å². The van der Waals surface area contributed by atoms with Crippen LogP contribution in [0, 0.1) is 12.8 Å². The largest absolute Gasteiger partial charge is 0.548 e. The number of fused-ring (bicyclic) bond motifs is 2. The molecule has 36 heavy (non-hydrogen) atoms. The smallest absolute Gasteiger partial charge is 0.258 e. The fraction of sp³-hybridized carbons (Fsp3) is 0.370. The molecule has 1 amide bonds. The van der Waals surface area contributed by atoms with Gasteiger partial charge in [-0.25, -0.2) is 0 Å². The Hall–Kier alpha value is -4.01. The molecule has 2 heterocycles. The Balaban J connectivity index is 1.54. The molecule has 0 bridgehead atoms. The first-order valence-electron chi connectivity index (χ1n) is 11.9. The quantitative estimate of drug-likeness (QED) is 0.506. The first-order valence-corrected chi connectivity index (χ1v) is 11.9. The number of carboxylic acid groups (broad SMARTS) is 1. The summed E-state index contributed by atoms with van der Waals surface area (Å²) in [6.45, 7) is 5.96. The number of carbonyl (C=O) groups excluding carboxylic acids is 2. The van der Waals surface area contributed by atoms with Gasteiger partial charge in [-0.05, 0) is 42.7 Å². The Morgan fingerprint density at radius 3 is 2.58 bits per heavy atom. The Kier molecular flexibility index (Phi) is 7.47. The van der Waals surface area contributed by atoms with Crippen LogP contribution in [0.15, 0.2) is 45.6 Å². The number of aryl methyl sites for hydroxylation is 1. The molecule has 0 saturated heterocycles. The fourth-order valence-electron chi connectivity index (χ4n) is 4.06. The average molecular weight is 495 g/mol. The number of amides is 1. The molecule has 0 aliphatic carbocycles. The van der Waals surface area contributed by atoms with Gasteiger partial charge in [0.05, 0.1) is 36.2 Å². The van der Waals surface area contributed by atoms with Crippen LogP contribution in [0.2, 0.25) is 0 Å². The highest BCUT2D eigenvalue weighted by Gasteiger charge is 2.20. The van der Waals surface area contributed by atoms with Crippen molar-refractivity contribution in [2.75, 3.05) is 19.8 Å². The molecule has 0 spiro atoms. The number of carboxylic acids is 1. The van der Waals surface area contributed by atoms with Gasteiger partial charge in [0.2, 0.25) is 5.43 Å². The zero-order valence-corrected chi connectivity index (χ0v) is 20.4. The summed E-state index contributed by atoms with van der Waals surface area (Å²) >= 11 is 0. The summed E-state index contributed by atoms with van der Waals surface area (Å²) < 4.78 is 22.9. The van der Waals surface area contributed by atoms with Gasteiger partial charge in [0.25, 0.3) is 5.91 Å².